The second-order valence-electron chi connectivity index (χ2n) is 5.64. The summed E-state index contributed by atoms with van der Waals surface area (Å²) in [6.07, 6.45) is 0. The number of methoxy groups -OCH3 is 1. The third-order valence-electron chi connectivity index (χ3n) is 3.21. The largest absolute Gasteiger partial charge is 0.467 e. The molecule has 30 heavy (non-hydrogen) atoms. The predicted molar refractivity (Wildman–Crippen MR) is 104 cm³/mol. The predicted octanol–water partition coefficient (Wildman–Crippen LogP) is -0.161. The van der Waals surface area contributed by atoms with Gasteiger partial charge in [-0.3, -0.25) is 4.79 Å². The van der Waals surface area contributed by atoms with Crippen LogP contribution in [0.1, 0.15) is 6.92 Å². The van der Waals surface area contributed by atoms with Crippen LogP contribution in [0.5, 0.6) is 0 Å². The average molecular weight is 440 g/mol. The summed E-state index contributed by atoms with van der Waals surface area (Å²) < 4.78 is 46.1. The second-order valence-corrected chi connectivity index (χ2v) is 5.64. The molecule has 0 saturated carbocycles. The number of rotatable bonds is 23. The summed E-state index contributed by atoms with van der Waals surface area (Å²) in [5.74, 6) is -0.723. The van der Waals surface area contributed by atoms with Gasteiger partial charge in [0.25, 0.3) is 0 Å². The monoisotopic (exact) mass is 440 g/mol. The quantitative estimate of drug-likeness (QED) is 0.156. The van der Waals surface area contributed by atoms with Crippen LogP contribution in [0.3, 0.4) is 0 Å². The lowest BCUT2D eigenvalue weighted by Gasteiger charge is -2.08. The zero-order chi connectivity index (χ0) is 22.1. The lowest BCUT2D eigenvalue weighted by molar-refractivity contribution is -0.146. The van der Waals surface area contributed by atoms with Crippen molar-refractivity contribution in [2.75, 3.05) is 106 Å². The first-order valence-corrected chi connectivity index (χ1v) is 9.91. The van der Waals surface area contributed by atoms with E-state index in [2.05, 4.69) is 4.74 Å². The molecule has 0 aliphatic rings. The van der Waals surface area contributed by atoms with Crippen molar-refractivity contribution in [1.82, 2.24) is 0 Å². The second kappa shape index (κ2) is 23.9. The first kappa shape index (κ1) is 28.7. The van der Waals surface area contributed by atoms with E-state index >= 15 is 0 Å². The van der Waals surface area contributed by atoms with Crippen LogP contribution in [-0.2, 0) is 52.2 Å². The highest BCUT2D eigenvalue weighted by molar-refractivity contribution is 5.70. The molecule has 0 aromatic rings. The standard InChI is InChI=1S/C19H36O11/c1-18(20)30-16-15-28-12-11-26-8-7-24-4-3-23-5-6-25-9-10-27-13-14-29-17-19(21)22-2/h3-17H2,1-2H3. The number of hydrogen-bond donors (Lipinski definition) is 0. The third kappa shape index (κ3) is 24.7. The Hall–Kier alpha value is -1.34. The van der Waals surface area contributed by atoms with Crippen molar-refractivity contribution in [3.05, 3.63) is 0 Å². The molecule has 0 radical (unpaired) electrons. The maximum Gasteiger partial charge on any atom is 0.331 e. The van der Waals surface area contributed by atoms with Crippen LogP contribution in [0.2, 0.25) is 0 Å². The van der Waals surface area contributed by atoms with Crippen molar-refractivity contribution in [3.8, 4) is 0 Å². The van der Waals surface area contributed by atoms with Crippen LogP contribution >= 0.6 is 0 Å². The highest BCUT2D eigenvalue weighted by Crippen LogP contribution is 1.86. The molecule has 0 atom stereocenters. The van der Waals surface area contributed by atoms with Crippen molar-refractivity contribution < 1.29 is 52.2 Å². The number of ether oxygens (including phenoxy) is 9. The van der Waals surface area contributed by atoms with Crippen molar-refractivity contribution in [2.24, 2.45) is 0 Å². The molecule has 0 fully saturated rings. The zero-order valence-corrected chi connectivity index (χ0v) is 18.1. The molecular weight excluding hydrogens is 404 g/mol. The van der Waals surface area contributed by atoms with E-state index in [1.54, 1.807) is 0 Å². The average Bonchev–Trinajstić information content (AvgIpc) is 2.73. The molecule has 0 aliphatic heterocycles. The third-order valence-corrected chi connectivity index (χ3v) is 3.21. The first-order chi connectivity index (χ1) is 14.7. The van der Waals surface area contributed by atoms with Crippen LogP contribution in [0.4, 0.5) is 0 Å². The van der Waals surface area contributed by atoms with Crippen LogP contribution < -0.4 is 0 Å². The molecule has 0 bridgehead atoms. The highest BCUT2D eigenvalue weighted by atomic mass is 16.6. The van der Waals surface area contributed by atoms with Crippen LogP contribution in [0.15, 0.2) is 0 Å². The molecular formula is C19H36O11. The van der Waals surface area contributed by atoms with Gasteiger partial charge in [0, 0.05) is 6.92 Å². The van der Waals surface area contributed by atoms with Gasteiger partial charge in [-0.2, -0.15) is 0 Å². The number of hydrogen-bond acceptors (Lipinski definition) is 11. The molecule has 0 unspecified atom stereocenters. The Kier molecular flexibility index (Phi) is 22.9. The Morgan fingerprint density at radius 1 is 0.500 bits per heavy atom. The van der Waals surface area contributed by atoms with Gasteiger partial charge in [-0.15, -0.1) is 0 Å². The highest BCUT2D eigenvalue weighted by Gasteiger charge is 1.99. The number of esters is 2. The molecule has 0 spiro atoms. The van der Waals surface area contributed by atoms with Gasteiger partial charge in [0.1, 0.15) is 13.2 Å². The Morgan fingerprint density at radius 3 is 1.10 bits per heavy atom. The van der Waals surface area contributed by atoms with Gasteiger partial charge in [0.05, 0.1) is 93.0 Å². The molecule has 0 rings (SSSR count). The number of carbonyl (C=O) groups is 2. The summed E-state index contributed by atoms with van der Waals surface area (Å²) in [6, 6.07) is 0. The molecule has 0 N–H and O–H groups in total. The molecule has 178 valence electrons. The molecule has 0 heterocycles. The molecule has 0 saturated heterocycles. The first-order valence-electron chi connectivity index (χ1n) is 9.91. The number of carbonyl (C=O) groups excluding carboxylic acids is 2. The SMILES string of the molecule is COC(=O)COCCOCCOCCOCCOCCOCCOCCOC(C)=O. The summed E-state index contributed by atoms with van der Waals surface area (Å²) in [5, 5.41) is 0. The molecule has 11 nitrogen and oxygen atoms in total. The van der Waals surface area contributed by atoms with Crippen LogP contribution in [0, 0.1) is 0 Å². The maximum absolute atomic E-state index is 10.8. The lowest BCUT2D eigenvalue weighted by atomic mass is 10.6. The fourth-order valence-corrected chi connectivity index (χ4v) is 1.78. The van der Waals surface area contributed by atoms with Crippen LogP contribution in [-0.4, -0.2) is 118 Å². The van der Waals surface area contributed by atoms with E-state index in [1.807, 2.05) is 0 Å². The van der Waals surface area contributed by atoms with E-state index in [1.165, 1.54) is 14.0 Å². The van der Waals surface area contributed by atoms with Crippen molar-refractivity contribution >= 4 is 11.9 Å². The van der Waals surface area contributed by atoms with Gasteiger partial charge in [-0.05, 0) is 0 Å². The van der Waals surface area contributed by atoms with E-state index in [4.69, 9.17) is 37.9 Å². The Labute approximate surface area is 178 Å². The molecule has 0 aromatic carbocycles. The summed E-state index contributed by atoms with van der Waals surface area (Å²) in [6.45, 7) is 7.31. The maximum atomic E-state index is 10.8. The van der Waals surface area contributed by atoms with Crippen molar-refractivity contribution in [2.45, 2.75) is 6.92 Å². The van der Waals surface area contributed by atoms with E-state index in [0.29, 0.717) is 85.9 Å². The minimum Gasteiger partial charge on any atom is -0.467 e. The van der Waals surface area contributed by atoms with Gasteiger partial charge in [-0.1, -0.05) is 0 Å². The minimum absolute atomic E-state index is 0.0698. The summed E-state index contributed by atoms with van der Waals surface area (Å²) in [7, 11) is 1.31. The Bertz CT molecular complexity index is 393. The smallest absolute Gasteiger partial charge is 0.331 e. The van der Waals surface area contributed by atoms with Gasteiger partial charge in [0.2, 0.25) is 0 Å². The van der Waals surface area contributed by atoms with E-state index in [9.17, 15) is 9.59 Å². The molecule has 11 heteroatoms. The minimum atomic E-state index is -0.409. The van der Waals surface area contributed by atoms with E-state index in [-0.39, 0.29) is 19.2 Å². The van der Waals surface area contributed by atoms with Crippen LogP contribution in [0.25, 0.3) is 0 Å². The Balaban J connectivity index is 3.03. The fraction of sp³-hybridized carbons (Fsp3) is 0.895. The van der Waals surface area contributed by atoms with E-state index in [0.717, 1.165) is 0 Å². The Morgan fingerprint density at radius 2 is 0.800 bits per heavy atom. The van der Waals surface area contributed by atoms with Crippen molar-refractivity contribution in [1.29, 1.82) is 0 Å². The lowest BCUT2D eigenvalue weighted by Crippen LogP contribution is -2.16. The summed E-state index contributed by atoms with van der Waals surface area (Å²) in [5.41, 5.74) is 0. The topological polar surface area (TPSA) is 117 Å². The van der Waals surface area contributed by atoms with Gasteiger partial charge < -0.3 is 42.6 Å². The normalized spacial score (nSPS) is 10.9. The van der Waals surface area contributed by atoms with E-state index < -0.39 is 5.97 Å². The molecule has 0 amide bonds. The molecule has 0 aromatic heterocycles. The van der Waals surface area contributed by atoms with Gasteiger partial charge >= 0.3 is 11.9 Å². The van der Waals surface area contributed by atoms with Gasteiger partial charge in [0.15, 0.2) is 0 Å². The van der Waals surface area contributed by atoms with Crippen molar-refractivity contribution in [3.63, 3.8) is 0 Å². The molecule has 0 aliphatic carbocycles. The zero-order valence-electron chi connectivity index (χ0n) is 18.1. The fourth-order valence-electron chi connectivity index (χ4n) is 1.78. The van der Waals surface area contributed by atoms with Gasteiger partial charge in [-0.25, -0.2) is 4.79 Å². The summed E-state index contributed by atoms with van der Waals surface area (Å²) >= 11 is 0. The summed E-state index contributed by atoms with van der Waals surface area (Å²) in [4.78, 5) is 21.3.